The molecule has 0 spiro atoms. The zero-order chi connectivity index (χ0) is 32.1. The summed E-state index contributed by atoms with van der Waals surface area (Å²) < 4.78 is 7.99. The first-order valence-corrected chi connectivity index (χ1v) is 15.6. The number of carboxylic acids is 1. The summed E-state index contributed by atoms with van der Waals surface area (Å²) in [5, 5.41) is 22.0. The molecular formula is C38H40N4O3. The second kappa shape index (κ2) is 11.4. The van der Waals surface area contributed by atoms with Crippen LogP contribution in [0.5, 0.6) is 0 Å². The average molecular weight is 601 g/mol. The third-order valence-corrected chi connectivity index (χ3v) is 8.82. The van der Waals surface area contributed by atoms with E-state index in [4.69, 9.17) is 4.74 Å². The minimum atomic E-state index is -0.939. The zero-order valence-electron chi connectivity index (χ0n) is 26.9. The van der Waals surface area contributed by atoms with Gasteiger partial charge in [0.25, 0.3) is 0 Å². The van der Waals surface area contributed by atoms with Crippen molar-refractivity contribution in [1.82, 2.24) is 9.55 Å². The van der Waals surface area contributed by atoms with Crippen molar-refractivity contribution in [2.45, 2.75) is 71.4 Å². The van der Waals surface area contributed by atoms with Crippen molar-refractivity contribution in [2.24, 2.45) is 0 Å². The monoisotopic (exact) mass is 600 g/mol. The molecule has 0 atom stereocenters. The molecule has 7 heteroatoms. The molecule has 2 aromatic heterocycles. The molecular weight excluding hydrogens is 560 g/mol. The number of nitriles is 1. The van der Waals surface area contributed by atoms with E-state index in [-0.39, 0.29) is 17.0 Å². The van der Waals surface area contributed by atoms with Crippen molar-refractivity contribution in [2.75, 3.05) is 18.1 Å². The van der Waals surface area contributed by atoms with Gasteiger partial charge in [0.2, 0.25) is 0 Å². The maximum Gasteiger partial charge on any atom is 0.337 e. The number of benzene rings is 3. The molecule has 0 aliphatic carbocycles. The molecule has 6 rings (SSSR count). The van der Waals surface area contributed by atoms with Crippen molar-refractivity contribution < 1.29 is 14.6 Å². The predicted octanol–water partition coefficient (Wildman–Crippen LogP) is 8.50. The summed E-state index contributed by atoms with van der Waals surface area (Å²) in [5.74, 6) is -0.939. The van der Waals surface area contributed by atoms with E-state index in [9.17, 15) is 15.2 Å². The second-order valence-corrected chi connectivity index (χ2v) is 13.9. The molecule has 0 saturated carbocycles. The molecule has 45 heavy (non-hydrogen) atoms. The Morgan fingerprint density at radius 1 is 1.00 bits per heavy atom. The van der Waals surface area contributed by atoms with Gasteiger partial charge in [0.1, 0.15) is 11.8 Å². The molecule has 1 aliphatic rings. The van der Waals surface area contributed by atoms with E-state index in [2.05, 4.69) is 98.5 Å². The highest BCUT2D eigenvalue weighted by atomic mass is 16.5. The fourth-order valence-electron chi connectivity index (χ4n) is 6.92. The van der Waals surface area contributed by atoms with Gasteiger partial charge in [-0.1, -0.05) is 51.1 Å². The fourth-order valence-corrected chi connectivity index (χ4v) is 6.92. The van der Waals surface area contributed by atoms with Crippen LogP contribution in [0.4, 0.5) is 5.69 Å². The van der Waals surface area contributed by atoms with Crippen LogP contribution in [0.2, 0.25) is 0 Å². The molecule has 0 radical (unpaired) electrons. The van der Waals surface area contributed by atoms with Crippen LogP contribution >= 0.6 is 0 Å². The van der Waals surface area contributed by atoms with Gasteiger partial charge in [0.05, 0.1) is 22.3 Å². The van der Waals surface area contributed by atoms with Gasteiger partial charge in [-0.05, 0) is 86.6 Å². The first kappa shape index (κ1) is 30.4. The highest BCUT2D eigenvalue weighted by Gasteiger charge is 2.34. The van der Waals surface area contributed by atoms with E-state index < -0.39 is 5.97 Å². The number of pyridine rings is 1. The summed E-state index contributed by atoms with van der Waals surface area (Å²) in [6.45, 7) is 14.4. The molecule has 7 nitrogen and oxygen atoms in total. The van der Waals surface area contributed by atoms with E-state index in [0.717, 1.165) is 57.1 Å². The highest BCUT2D eigenvalue weighted by Crippen LogP contribution is 2.44. The van der Waals surface area contributed by atoms with Crippen molar-refractivity contribution in [3.05, 3.63) is 89.7 Å². The van der Waals surface area contributed by atoms with Crippen LogP contribution in [0.1, 0.15) is 76.0 Å². The lowest BCUT2D eigenvalue weighted by Gasteiger charge is -2.45. The molecule has 230 valence electrons. The Kier molecular flexibility index (Phi) is 7.66. The van der Waals surface area contributed by atoms with Crippen LogP contribution in [0.3, 0.4) is 0 Å². The number of fused-ring (bicyclic) bond motifs is 3. The van der Waals surface area contributed by atoms with Crippen LogP contribution in [0.25, 0.3) is 38.6 Å². The molecule has 5 aromatic rings. The molecule has 1 aliphatic heterocycles. The number of para-hydroxylation sites is 1. The molecule has 0 bridgehead atoms. The molecule has 1 fully saturated rings. The van der Waals surface area contributed by atoms with Crippen LogP contribution in [-0.4, -0.2) is 45.4 Å². The van der Waals surface area contributed by atoms with Crippen molar-refractivity contribution in [1.29, 1.82) is 5.26 Å². The third-order valence-electron chi connectivity index (χ3n) is 8.82. The second-order valence-electron chi connectivity index (χ2n) is 13.9. The molecule has 3 heterocycles. The third kappa shape index (κ3) is 5.44. The Balaban J connectivity index is 1.70. The number of ether oxygens (including phenoxy) is 1. The van der Waals surface area contributed by atoms with Crippen molar-refractivity contribution >= 4 is 33.5 Å². The highest BCUT2D eigenvalue weighted by molar-refractivity contribution is 6.17. The lowest BCUT2D eigenvalue weighted by atomic mass is 9.84. The summed E-state index contributed by atoms with van der Waals surface area (Å²) in [6.07, 6.45) is 3.45. The minimum Gasteiger partial charge on any atom is -0.478 e. The Morgan fingerprint density at radius 3 is 2.36 bits per heavy atom. The van der Waals surface area contributed by atoms with Gasteiger partial charge >= 0.3 is 5.97 Å². The van der Waals surface area contributed by atoms with Crippen LogP contribution in [0, 0.1) is 11.3 Å². The summed E-state index contributed by atoms with van der Waals surface area (Å²) in [5.41, 5.74) is 7.05. The maximum atomic E-state index is 12.7. The SMILES string of the molecule is CC(C)(C)c1ccc(-c2ccc(C#N)nc2)c2c3ccccc3n(-c3ccc(C(=O)O)c(N(C4CCOCC4)C(C)(C)C)c3)c12. The molecule has 3 aromatic carbocycles. The summed E-state index contributed by atoms with van der Waals surface area (Å²) in [4.78, 5) is 19.4. The quantitative estimate of drug-likeness (QED) is 0.218. The van der Waals surface area contributed by atoms with Crippen LogP contribution in [-0.2, 0) is 10.2 Å². The molecule has 1 saturated heterocycles. The normalized spacial score (nSPS) is 14.5. The minimum absolute atomic E-state index is 0.158. The van der Waals surface area contributed by atoms with Gasteiger partial charge in [-0.3, -0.25) is 0 Å². The number of hydrogen-bond acceptors (Lipinski definition) is 5. The Morgan fingerprint density at radius 2 is 1.73 bits per heavy atom. The number of hydrogen-bond donors (Lipinski definition) is 1. The Bertz CT molecular complexity index is 1950. The number of carboxylic acid groups (broad SMARTS) is 1. The predicted molar refractivity (Wildman–Crippen MR) is 180 cm³/mol. The summed E-state index contributed by atoms with van der Waals surface area (Å²) in [6, 6.07) is 24.5. The fraction of sp³-hybridized carbons (Fsp3) is 0.342. The molecule has 0 amide bonds. The average Bonchev–Trinajstić information content (AvgIpc) is 3.35. The zero-order valence-corrected chi connectivity index (χ0v) is 26.9. The van der Waals surface area contributed by atoms with E-state index in [1.165, 1.54) is 5.56 Å². The first-order valence-electron chi connectivity index (χ1n) is 15.6. The molecule has 1 N–H and O–H groups in total. The van der Waals surface area contributed by atoms with Gasteiger partial charge in [-0.2, -0.15) is 5.26 Å². The van der Waals surface area contributed by atoms with Gasteiger partial charge < -0.3 is 19.3 Å². The van der Waals surface area contributed by atoms with E-state index in [0.29, 0.717) is 24.5 Å². The number of aromatic nitrogens is 2. The maximum absolute atomic E-state index is 12.7. The number of carbonyl (C=O) groups is 1. The van der Waals surface area contributed by atoms with E-state index >= 15 is 0 Å². The van der Waals surface area contributed by atoms with E-state index in [1.807, 2.05) is 18.2 Å². The molecule has 0 unspecified atom stereocenters. The van der Waals surface area contributed by atoms with Crippen LogP contribution < -0.4 is 4.90 Å². The summed E-state index contributed by atoms with van der Waals surface area (Å²) in [7, 11) is 0. The topological polar surface area (TPSA) is 91.4 Å². The smallest absolute Gasteiger partial charge is 0.337 e. The lowest BCUT2D eigenvalue weighted by molar-refractivity contribution is 0.0695. The number of rotatable bonds is 5. The lowest BCUT2D eigenvalue weighted by Crippen LogP contribution is -2.51. The van der Waals surface area contributed by atoms with Crippen molar-refractivity contribution in [3.63, 3.8) is 0 Å². The number of anilines is 1. The van der Waals surface area contributed by atoms with Gasteiger partial charge in [0, 0.05) is 53.0 Å². The first-order chi connectivity index (χ1) is 21.4. The Hall–Kier alpha value is -4.67. The Labute approximate surface area is 264 Å². The number of aromatic carboxylic acids is 1. The largest absolute Gasteiger partial charge is 0.478 e. The van der Waals surface area contributed by atoms with Gasteiger partial charge in [-0.25, -0.2) is 9.78 Å². The van der Waals surface area contributed by atoms with Crippen molar-refractivity contribution in [3.8, 4) is 22.9 Å². The number of nitrogens with zero attached hydrogens (tertiary/aromatic N) is 4. The van der Waals surface area contributed by atoms with Gasteiger partial charge in [-0.15, -0.1) is 0 Å². The standard InChI is InChI=1S/C38H40N4O3/c1-37(2,3)31-16-15-28(24-11-12-25(22-39)40-23-24)34-29-9-7-8-10-32(29)41(35(31)34)27-13-14-30(36(43)44)33(21-27)42(38(4,5)6)26-17-19-45-20-18-26/h7-16,21,23,26H,17-20H2,1-6H3,(H,43,44). The summed E-state index contributed by atoms with van der Waals surface area (Å²) >= 11 is 0. The van der Waals surface area contributed by atoms with E-state index in [1.54, 1.807) is 18.3 Å². The van der Waals surface area contributed by atoms with Gasteiger partial charge in [0.15, 0.2) is 0 Å². The van der Waals surface area contributed by atoms with Crippen LogP contribution in [0.15, 0.2) is 72.9 Å².